The molecule has 0 aliphatic heterocycles. The van der Waals surface area contributed by atoms with Crippen molar-refractivity contribution in [1.29, 1.82) is 0 Å². The molecule has 73 heavy (non-hydrogen) atoms. The molecule has 6 rings (SSSR count). The van der Waals surface area contributed by atoms with Crippen LogP contribution in [0.2, 0.25) is 10.0 Å². The summed E-state index contributed by atoms with van der Waals surface area (Å²) in [6.07, 6.45) is -3.52. The maximum Gasteiger partial charge on any atom is 0.338 e. The molecule has 0 spiro atoms. The minimum atomic E-state index is -1.30. The second-order valence-electron chi connectivity index (χ2n) is 15.6. The quantitative estimate of drug-likeness (QED) is 0.0177. The Bertz CT molecular complexity index is 2500. The van der Waals surface area contributed by atoms with Gasteiger partial charge >= 0.3 is 11.9 Å². The molecule has 4 atom stereocenters. The Morgan fingerprint density at radius 3 is 1.26 bits per heavy atom. The number of rotatable bonds is 30. The summed E-state index contributed by atoms with van der Waals surface area (Å²) in [5, 5.41) is 17.8. The van der Waals surface area contributed by atoms with Crippen molar-refractivity contribution in [1.82, 2.24) is 20.3 Å². The van der Waals surface area contributed by atoms with Crippen LogP contribution in [0.1, 0.15) is 89.5 Å². The molecule has 0 amide bonds. The van der Waals surface area contributed by atoms with E-state index in [-0.39, 0.29) is 62.8 Å². The Kier molecular flexibility index (Phi) is 22.0. The van der Waals surface area contributed by atoms with Crippen LogP contribution < -0.4 is 9.47 Å². The van der Waals surface area contributed by atoms with Gasteiger partial charge in [0.05, 0.1) is 13.2 Å². The van der Waals surface area contributed by atoms with E-state index in [9.17, 15) is 9.59 Å². The van der Waals surface area contributed by atoms with Crippen molar-refractivity contribution >= 4 is 46.6 Å². The number of hydrogen-bond acceptors (Lipinski definition) is 19. The molecule has 2 heterocycles. The standard InChI is InChI=1S/C52H58Cl2N6O13/c1-7-29-69-57-41(49-55-47(59-72-49)35-13-21-37(53)22-14-35)31-67-39-25-17-33(18-26-39)43(45(63-9-3)51(61)65-11-5)71-44(46(64-10-4)52(62)66-12-6)34-19-27-40(28-20-34)68-32-42(58-70-30-8-2)50-56-48(60-73-50)36-15-23-38(54)24-16-36/h13-28,43-46H,7-12,29-32H2,1-6H3. The Hall–Kier alpha value is -6.90. The molecular formula is C52H58Cl2N6O13. The lowest BCUT2D eigenvalue weighted by molar-refractivity contribution is -0.190. The van der Waals surface area contributed by atoms with Gasteiger partial charge in [0, 0.05) is 34.4 Å². The third-order valence-corrected chi connectivity index (χ3v) is 10.7. The van der Waals surface area contributed by atoms with Crippen LogP contribution in [0.5, 0.6) is 11.5 Å². The highest BCUT2D eigenvalue weighted by Crippen LogP contribution is 2.36. The molecule has 19 nitrogen and oxygen atoms in total. The second kappa shape index (κ2) is 29.0. The third kappa shape index (κ3) is 16.0. The zero-order chi connectivity index (χ0) is 52.0. The first-order valence-corrected chi connectivity index (χ1v) is 24.6. The number of aromatic nitrogens is 4. The average molecular weight is 1050 g/mol. The predicted octanol–water partition coefficient (Wildman–Crippen LogP) is 10.2. The topological polar surface area (TPSA) is 220 Å². The van der Waals surface area contributed by atoms with Gasteiger partial charge in [-0.2, -0.15) is 9.97 Å². The Morgan fingerprint density at radius 1 is 0.534 bits per heavy atom. The lowest BCUT2D eigenvalue weighted by atomic mass is 10.00. The normalized spacial score (nSPS) is 13.4. The van der Waals surface area contributed by atoms with E-state index < -0.39 is 36.4 Å². The first-order valence-electron chi connectivity index (χ1n) is 23.8. The maximum absolute atomic E-state index is 13.8. The third-order valence-electron chi connectivity index (χ3n) is 10.2. The molecule has 388 valence electrons. The van der Waals surface area contributed by atoms with Crippen LogP contribution in [0.3, 0.4) is 0 Å². The van der Waals surface area contributed by atoms with Gasteiger partial charge in [-0.25, -0.2) is 9.59 Å². The molecule has 0 aliphatic carbocycles. The lowest BCUT2D eigenvalue weighted by Crippen LogP contribution is -2.40. The minimum Gasteiger partial charge on any atom is -0.487 e. The molecule has 4 aromatic carbocycles. The van der Waals surface area contributed by atoms with Crippen LogP contribution >= 0.6 is 23.2 Å². The molecule has 2 aromatic heterocycles. The van der Waals surface area contributed by atoms with Crippen molar-refractivity contribution in [3.8, 4) is 34.3 Å². The van der Waals surface area contributed by atoms with Gasteiger partial charge < -0.3 is 51.9 Å². The minimum absolute atomic E-state index is 0.0669. The van der Waals surface area contributed by atoms with Crippen molar-refractivity contribution in [3.05, 3.63) is 130 Å². The summed E-state index contributed by atoms with van der Waals surface area (Å²) in [5.74, 6) is 0.287. The van der Waals surface area contributed by atoms with E-state index >= 15 is 0 Å². The van der Waals surface area contributed by atoms with Crippen molar-refractivity contribution in [2.45, 2.75) is 78.8 Å². The van der Waals surface area contributed by atoms with E-state index in [0.29, 0.717) is 81.5 Å². The van der Waals surface area contributed by atoms with E-state index in [1.165, 1.54) is 0 Å². The smallest absolute Gasteiger partial charge is 0.338 e. The van der Waals surface area contributed by atoms with Crippen molar-refractivity contribution < 1.29 is 61.5 Å². The van der Waals surface area contributed by atoms with Gasteiger partial charge in [0.2, 0.25) is 11.6 Å². The van der Waals surface area contributed by atoms with Crippen LogP contribution in [0, 0.1) is 0 Å². The van der Waals surface area contributed by atoms with Crippen molar-refractivity contribution in [2.24, 2.45) is 10.3 Å². The fraction of sp³-hybridized carbons (Fsp3) is 0.385. The summed E-state index contributed by atoms with van der Waals surface area (Å²) in [7, 11) is 0. The lowest BCUT2D eigenvalue weighted by Gasteiger charge is -2.33. The number of halogens is 2. The number of carbonyl (C=O) groups excluding carboxylic acids is 2. The summed E-state index contributed by atoms with van der Waals surface area (Å²) in [6, 6.07) is 27.5. The van der Waals surface area contributed by atoms with Crippen LogP contribution in [-0.2, 0) is 42.9 Å². The molecule has 6 aromatic rings. The molecule has 21 heteroatoms. The van der Waals surface area contributed by atoms with Gasteiger partial charge in [-0.15, -0.1) is 0 Å². The zero-order valence-corrected chi connectivity index (χ0v) is 42.9. The molecule has 0 saturated carbocycles. The van der Waals surface area contributed by atoms with E-state index in [2.05, 4.69) is 30.6 Å². The highest BCUT2D eigenvalue weighted by Gasteiger charge is 2.40. The molecular weight excluding hydrogens is 988 g/mol. The van der Waals surface area contributed by atoms with Crippen LogP contribution in [0.25, 0.3) is 22.8 Å². The molecule has 0 aliphatic rings. The Labute approximate surface area is 432 Å². The van der Waals surface area contributed by atoms with Gasteiger partial charge in [-0.1, -0.05) is 81.9 Å². The van der Waals surface area contributed by atoms with E-state index in [1.54, 1.807) is 125 Å². The maximum atomic E-state index is 13.8. The Balaban J connectivity index is 1.27. The molecule has 0 saturated heterocycles. The molecule has 4 unspecified atom stereocenters. The predicted molar refractivity (Wildman–Crippen MR) is 270 cm³/mol. The molecule has 0 fully saturated rings. The van der Waals surface area contributed by atoms with Crippen molar-refractivity contribution in [3.63, 3.8) is 0 Å². The first-order chi connectivity index (χ1) is 35.6. The fourth-order valence-electron chi connectivity index (χ4n) is 6.78. The summed E-state index contributed by atoms with van der Waals surface area (Å²) in [6.45, 7) is 11.6. The molecule has 0 N–H and O–H groups in total. The number of nitrogens with zero attached hydrogens (tertiary/aromatic N) is 6. The van der Waals surface area contributed by atoms with Gasteiger partial charge in [0.25, 0.3) is 11.8 Å². The largest absolute Gasteiger partial charge is 0.487 e. The number of esters is 2. The van der Waals surface area contributed by atoms with Crippen LogP contribution in [-0.4, -0.2) is 109 Å². The zero-order valence-electron chi connectivity index (χ0n) is 41.4. The number of oxime groups is 2. The van der Waals surface area contributed by atoms with Crippen molar-refractivity contribution in [2.75, 3.05) is 52.9 Å². The van der Waals surface area contributed by atoms with Gasteiger partial charge in [-0.3, -0.25) is 0 Å². The van der Waals surface area contributed by atoms with E-state index in [1.807, 2.05) is 13.8 Å². The molecule has 0 bridgehead atoms. The number of hydrogen-bond donors (Lipinski definition) is 0. The highest BCUT2D eigenvalue weighted by molar-refractivity contribution is 6.30. The van der Waals surface area contributed by atoms with Crippen LogP contribution in [0.4, 0.5) is 0 Å². The van der Waals surface area contributed by atoms with Crippen LogP contribution in [0.15, 0.2) is 116 Å². The summed E-state index contributed by atoms with van der Waals surface area (Å²) >= 11 is 12.2. The SMILES string of the molecule is CCCON=C(COc1ccc(C(OC(c2ccc(OCC(=NOCCC)c3nc(-c4ccc(Cl)cc4)no3)cc2)C(OCC)C(=O)OCC)C(OCC)C(=O)OCC)cc1)c1nc(-c2ccc(Cl)cc2)no1. The second-order valence-corrected chi connectivity index (χ2v) is 16.4. The van der Waals surface area contributed by atoms with Gasteiger partial charge in [-0.05, 0) is 124 Å². The molecule has 0 radical (unpaired) electrons. The Morgan fingerprint density at radius 2 is 0.918 bits per heavy atom. The number of ether oxygens (including phenoxy) is 7. The number of benzene rings is 4. The fourth-order valence-corrected chi connectivity index (χ4v) is 7.03. The number of carbonyl (C=O) groups is 2. The highest BCUT2D eigenvalue weighted by atomic mass is 35.5. The van der Waals surface area contributed by atoms with E-state index in [0.717, 1.165) is 0 Å². The average Bonchev–Trinajstić information content (AvgIpc) is 4.11. The summed E-state index contributed by atoms with van der Waals surface area (Å²) < 4.78 is 53.5. The first kappa shape index (κ1) is 55.4. The van der Waals surface area contributed by atoms with Gasteiger partial charge in [0.15, 0.2) is 23.6 Å². The summed E-state index contributed by atoms with van der Waals surface area (Å²) in [5.41, 5.74) is 2.82. The summed E-state index contributed by atoms with van der Waals surface area (Å²) in [4.78, 5) is 47.5. The monoisotopic (exact) mass is 1040 g/mol. The van der Waals surface area contributed by atoms with Gasteiger partial charge in [0.1, 0.15) is 50.1 Å². The van der Waals surface area contributed by atoms with E-state index in [4.69, 9.17) is 75.1 Å².